The van der Waals surface area contributed by atoms with Crippen LogP contribution < -0.4 is 0 Å². The third-order valence-electron chi connectivity index (χ3n) is 3.65. The zero-order chi connectivity index (χ0) is 13.8. The van der Waals surface area contributed by atoms with Crippen molar-refractivity contribution in [2.24, 2.45) is 0 Å². The number of likely N-dealkylation sites (tertiary alicyclic amines) is 1. The van der Waals surface area contributed by atoms with Crippen molar-refractivity contribution in [3.8, 4) is 0 Å². The van der Waals surface area contributed by atoms with E-state index < -0.39 is 5.60 Å². The van der Waals surface area contributed by atoms with Gasteiger partial charge in [0.1, 0.15) is 11.7 Å². The van der Waals surface area contributed by atoms with Crippen LogP contribution in [0.2, 0.25) is 0 Å². The van der Waals surface area contributed by atoms with E-state index in [0.717, 1.165) is 12.8 Å². The van der Waals surface area contributed by atoms with Crippen LogP contribution in [0.4, 0.5) is 9.59 Å². The van der Waals surface area contributed by atoms with Gasteiger partial charge in [-0.2, -0.15) is 0 Å². The second-order valence-corrected chi connectivity index (χ2v) is 6.51. The number of hydrogen-bond acceptors (Lipinski definition) is 4. The lowest BCUT2D eigenvalue weighted by Crippen LogP contribution is -2.41. The Labute approximate surface area is 112 Å². The molecular weight excluding hydrogens is 248 g/mol. The molecule has 1 saturated carbocycles. The van der Waals surface area contributed by atoms with E-state index in [4.69, 9.17) is 9.47 Å². The first-order chi connectivity index (χ1) is 8.85. The first-order valence-electron chi connectivity index (χ1n) is 6.82. The summed E-state index contributed by atoms with van der Waals surface area (Å²) in [5.41, 5.74) is -0.498. The molecule has 2 aliphatic heterocycles. The van der Waals surface area contributed by atoms with Crippen LogP contribution >= 0.6 is 0 Å². The molecule has 6 heteroatoms. The molecule has 0 bridgehead atoms. The van der Waals surface area contributed by atoms with Gasteiger partial charge in [0.2, 0.25) is 0 Å². The molecule has 0 aromatic carbocycles. The molecule has 3 fully saturated rings. The lowest BCUT2D eigenvalue weighted by atomic mass is 10.2. The first kappa shape index (κ1) is 12.6. The van der Waals surface area contributed by atoms with Gasteiger partial charge in [-0.3, -0.25) is 4.90 Å². The zero-order valence-electron chi connectivity index (χ0n) is 11.6. The Morgan fingerprint density at radius 1 is 1.32 bits per heavy atom. The van der Waals surface area contributed by atoms with E-state index in [1.807, 2.05) is 25.7 Å². The van der Waals surface area contributed by atoms with Crippen LogP contribution in [-0.2, 0) is 9.47 Å². The van der Waals surface area contributed by atoms with E-state index in [1.54, 1.807) is 4.90 Å². The molecular formula is C13H20N2O4. The Balaban J connectivity index is 1.64. The van der Waals surface area contributed by atoms with Gasteiger partial charge in [-0.1, -0.05) is 0 Å². The number of rotatable bonds is 1. The van der Waals surface area contributed by atoms with Crippen molar-refractivity contribution in [1.29, 1.82) is 0 Å². The van der Waals surface area contributed by atoms with Gasteiger partial charge < -0.3 is 14.4 Å². The van der Waals surface area contributed by atoms with Gasteiger partial charge in [0.25, 0.3) is 0 Å². The molecule has 3 aliphatic rings. The van der Waals surface area contributed by atoms with Gasteiger partial charge in [-0.25, -0.2) is 9.59 Å². The number of carbonyl (C=O) groups is 2. The maximum absolute atomic E-state index is 12.0. The molecule has 0 radical (unpaired) electrons. The fraction of sp³-hybridized carbons (Fsp3) is 0.846. The van der Waals surface area contributed by atoms with Gasteiger partial charge in [0, 0.05) is 12.6 Å². The molecule has 0 aromatic rings. The largest absolute Gasteiger partial charge is 0.444 e. The summed E-state index contributed by atoms with van der Waals surface area (Å²) in [5.74, 6) is 0. The molecule has 2 amide bonds. The highest BCUT2D eigenvalue weighted by atomic mass is 16.6. The van der Waals surface area contributed by atoms with Crippen LogP contribution in [0.15, 0.2) is 0 Å². The fourth-order valence-corrected chi connectivity index (χ4v) is 2.71. The predicted octanol–water partition coefficient (Wildman–Crippen LogP) is 1.59. The fourth-order valence-electron chi connectivity index (χ4n) is 2.71. The quantitative estimate of drug-likeness (QED) is 0.724. The van der Waals surface area contributed by atoms with Gasteiger partial charge in [-0.15, -0.1) is 0 Å². The molecule has 1 aliphatic carbocycles. The Morgan fingerprint density at radius 2 is 2.00 bits per heavy atom. The number of fused-ring (bicyclic) bond motifs is 1. The van der Waals surface area contributed by atoms with Gasteiger partial charge in [0.15, 0.2) is 0 Å². The molecule has 0 unspecified atom stereocenters. The second kappa shape index (κ2) is 4.02. The van der Waals surface area contributed by atoms with Crippen LogP contribution in [0.5, 0.6) is 0 Å². The molecule has 0 spiro atoms. The standard InChI is InChI=1S/C13H20N2O4/c1-13(2,3)19-11(16)14-6-9-10(7-14)18-12(17)15(9)8-4-5-8/h8-10H,4-7H2,1-3H3/t9-,10+/m1/s1. The number of amides is 2. The second-order valence-electron chi connectivity index (χ2n) is 6.51. The highest BCUT2D eigenvalue weighted by Crippen LogP contribution is 2.37. The third-order valence-corrected chi connectivity index (χ3v) is 3.65. The van der Waals surface area contributed by atoms with E-state index >= 15 is 0 Å². The maximum Gasteiger partial charge on any atom is 0.410 e. The summed E-state index contributed by atoms with van der Waals surface area (Å²) in [5, 5.41) is 0. The highest BCUT2D eigenvalue weighted by Gasteiger charge is 2.53. The van der Waals surface area contributed by atoms with Gasteiger partial charge in [-0.05, 0) is 33.6 Å². The van der Waals surface area contributed by atoms with Crippen molar-refractivity contribution in [1.82, 2.24) is 9.80 Å². The lowest BCUT2D eigenvalue weighted by molar-refractivity contribution is 0.0245. The summed E-state index contributed by atoms with van der Waals surface area (Å²) in [7, 11) is 0. The predicted molar refractivity (Wildman–Crippen MR) is 66.7 cm³/mol. The van der Waals surface area contributed by atoms with Crippen LogP contribution in [0.1, 0.15) is 33.6 Å². The minimum atomic E-state index is -0.498. The van der Waals surface area contributed by atoms with Crippen LogP contribution in [-0.4, -0.2) is 58.9 Å². The Kier molecular flexibility index (Phi) is 2.66. The van der Waals surface area contributed by atoms with Crippen LogP contribution in [0.25, 0.3) is 0 Å². The van der Waals surface area contributed by atoms with Crippen molar-refractivity contribution < 1.29 is 19.1 Å². The summed E-state index contributed by atoms with van der Waals surface area (Å²) in [6.45, 7) is 6.49. The van der Waals surface area contributed by atoms with E-state index in [0.29, 0.717) is 19.1 Å². The molecule has 3 rings (SSSR count). The minimum absolute atomic E-state index is 0.00696. The van der Waals surface area contributed by atoms with Crippen LogP contribution in [0.3, 0.4) is 0 Å². The molecule has 19 heavy (non-hydrogen) atoms. The number of hydrogen-bond donors (Lipinski definition) is 0. The summed E-state index contributed by atoms with van der Waals surface area (Å²) in [4.78, 5) is 27.2. The minimum Gasteiger partial charge on any atom is -0.444 e. The normalized spacial score (nSPS) is 30.4. The smallest absolute Gasteiger partial charge is 0.410 e. The van der Waals surface area contributed by atoms with Crippen molar-refractivity contribution in [2.45, 2.75) is 57.4 Å². The van der Waals surface area contributed by atoms with Crippen molar-refractivity contribution in [3.63, 3.8) is 0 Å². The Hall–Kier alpha value is -1.46. The maximum atomic E-state index is 12.0. The molecule has 106 valence electrons. The van der Waals surface area contributed by atoms with Gasteiger partial charge in [0.05, 0.1) is 12.6 Å². The Morgan fingerprint density at radius 3 is 2.58 bits per heavy atom. The van der Waals surface area contributed by atoms with Crippen molar-refractivity contribution >= 4 is 12.2 Å². The third kappa shape index (κ3) is 2.35. The Bertz CT molecular complexity index is 413. The SMILES string of the molecule is CC(C)(C)OC(=O)N1C[C@@H]2OC(=O)N(C3CC3)[C@@H]2C1. The topological polar surface area (TPSA) is 59.1 Å². The molecule has 2 saturated heterocycles. The molecule has 2 atom stereocenters. The summed E-state index contributed by atoms with van der Waals surface area (Å²) in [6, 6.07) is 0.327. The molecule has 2 heterocycles. The van der Waals surface area contributed by atoms with E-state index in [9.17, 15) is 9.59 Å². The average Bonchev–Trinajstić information content (AvgIpc) is 2.91. The first-order valence-corrected chi connectivity index (χ1v) is 6.82. The summed E-state index contributed by atoms with van der Waals surface area (Å²) >= 11 is 0. The molecule has 0 aromatic heterocycles. The van der Waals surface area contributed by atoms with Crippen molar-refractivity contribution in [2.75, 3.05) is 13.1 Å². The molecule has 0 N–H and O–H groups in total. The number of carbonyl (C=O) groups excluding carboxylic acids is 2. The van der Waals surface area contributed by atoms with Gasteiger partial charge >= 0.3 is 12.2 Å². The number of ether oxygens (including phenoxy) is 2. The average molecular weight is 268 g/mol. The van der Waals surface area contributed by atoms with Crippen molar-refractivity contribution in [3.05, 3.63) is 0 Å². The monoisotopic (exact) mass is 268 g/mol. The van der Waals surface area contributed by atoms with E-state index in [-0.39, 0.29) is 24.3 Å². The van der Waals surface area contributed by atoms with E-state index in [1.165, 1.54) is 0 Å². The highest BCUT2D eigenvalue weighted by molar-refractivity contribution is 5.74. The van der Waals surface area contributed by atoms with Crippen LogP contribution in [0, 0.1) is 0 Å². The zero-order valence-corrected chi connectivity index (χ0v) is 11.6. The summed E-state index contributed by atoms with van der Waals surface area (Å²) < 4.78 is 10.7. The van der Waals surface area contributed by atoms with E-state index in [2.05, 4.69) is 0 Å². The molecule has 6 nitrogen and oxygen atoms in total. The summed E-state index contributed by atoms with van der Waals surface area (Å²) in [6.07, 6.45) is 1.35. The number of nitrogens with zero attached hydrogens (tertiary/aromatic N) is 2. The lowest BCUT2D eigenvalue weighted by Gasteiger charge is -2.26.